The number of hydrogen-bond acceptors (Lipinski definition) is 4. The molecule has 4 rings (SSSR count). The first-order valence-corrected chi connectivity index (χ1v) is 12.1. The molecule has 1 unspecified atom stereocenters. The summed E-state index contributed by atoms with van der Waals surface area (Å²) in [6, 6.07) is 14.6. The number of nitrogens with one attached hydrogen (secondary N) is 1. The Hall–Kier alpha value is -2.24. The number of carbonyl (C=O) groups is 1. The van der Waals surface area contributed by atoms with Crippen molar-refractivity contribution in [2.75, 3.05) is 30.0 Å². The van der Waals surface area contributed by atoms with Crippen LogP contribution in [-0.4, -0.2) is 36.9 Å². The number of rotatable bonds is 10. The summed E-state index contributed by atoms with van der Waals surface area (Å²) in [5.74, 6) is -0.00529. The van der Waals surface area contributed by atoms with Crippen molar-refractivity contribution in [1.82, 2.24) is 0 Å². The third-order valence-electron chi connectivity index (χ3n) is 6.62. The van der Waals surface area contributed by atoms with E-state index in [0.29, 0.717) is 11.1 Å². The first-order chi connectivity index (χ1) is 15.5. The lowest BCUT2D eigenvalue weighted by Gasteiger charge is -2.38. The molecule has 0 bridgehead atoms. The minimum atomic E-state index is -0.759. The van der Waals surface area contributed by atoms with Gasteiger partial charge in [0.1, 0.15) is 0 Å². The predicted octanol–water partition coefficient (Wildman–Crippen LogP) is 6.45. The molecule has 1 aliphatic heterocycles. The molecule has 32 heavy (non-hydrogen) atoms. The number of nitrogens with zero attached hydrogens (tertiary/aromatic N) is 1. The third kappa shape index (κ3) is 5.96. The van der Waals surface area contributed by atoms with Crippen LogP contribution in [0.15, 0.2) is 42.5 Å². The van der Waals surface area contributed by atoms with E-state index in [9.17, 15) is 9.90 Å². The Balaban J connectivity index is 1.70. The van der Waals surface area contributed by atoms with Gasteiger partial charge in [0.15, 0.2) is 0 Å². The summed E-state index contributed by atoms with van der Waals surface area (Å²) in [4.78, 5) is 14.0. The molecule has 0 amide bonds. The molecule has 2 fully saturated rings. The van der Waals surface area contributed by atoms with Gasteiger partial charge in [-0.15, -0.1) is 0 Å². The van der Waals surface area contributed by atoms with Crippen LogP contribution in [0.4, 0.5) is 17.1 Å². The lowest BCUT2D eigenvalue weighted by molar-refractivity contribution is -0.137. The van der Waals surface area contributed by atoms with Crippen molar-refractivity contribution in [3.8, 4) is 0 Å². The van der Waals surface area contributed by atoms with E-state index >= 15 is 0 Å². The van der Waals surface area contributed by atoms with Crippen LogP contribution in [0.3, 0.4) is 0 Å². The van der Waals surface area contributed by atoms with Crippen LogP contribution >= 0.6 is 11.6 Å². The summed E-state index contributed by atoms with van der Waals surface area (Å²) in [5.41, 5.74) is 4.25. The van der Waals surface area contributed by atoms with Crippen molar-refractivity contribution in [3.63, 3.8) is 0 Å². The van der Waals surface area contributed by atoms with Gasteiger partial charge in [0, 0.05) is 36.5 Å². The van der Waals surface area contributed by atoms with Gasteiger partial charge in [0.05, 0.1) is 17.8 Å². The summed E-state index contributed by atoms with van der Waals surface area (Å²) in [5, 5.41) is 13.7. The smallest absolute Gasteiger partial charge is 0.303 e. The highest BCUT2D eigenvalue weighted by Gasteiger charge is 2.31. The molecule has 0 aromatic heterocycles. The minimum absolute atomic E-state index is 0.00715. The van der Waals surface area contributed by atoms with Gasteiger partial charge in [-0.1, -0.05) is 24.6 Å². The van der Waals surface area contributed by atoms with Gasteiger partial charge in [-0.05, 0) is 85.9 Å². The van der Waals surface area contributed by atoms with Crippen molar-refractivity contribution in [2.45, 2.75) is 57.4 Å². The lowest BCUT2D eigenvalue weighted by Crippen LogP contribution is -2.41. The SMILES string of the molecule is CCC(CC(=O)O)c1ccc(N(CC2CC2)C2CCOCC2)c(Nc2ccc(Cl)cc2)c1. The minimum Gasteiger partial charge on any atom is -0.481 e. The summed E-state index contributed by atoms with van der Waals surface area (Å²) < 4.78 is 5.64. The quantitative estimate of drug-likeness (QED) is 0.430. The first-order valence-electron chi connectivity index (χ1n) is 11.8. The molecule has 2 N–H and O–H groups in total. The molecule has 1 atom stereocenters. The van der Waals surface area contributed by atoms with Crippen molar-refractivity contribution < 1.29 is 14.6 Å². The van der Waals surface area contributed by atoms with Gasteiger partial charge in [-0.2, -0.15) is 0 Å². The molecule has 2 aromatic rings. The maximum absolute atomic E-state index is 11.4. The molecular weight excluding hydrogens is 424 g/mol. The summed E-state index contributed by atoms with van der Waals surface area (Å²) in [6.45, 7) is 4.72. The van der Waals surface area contributed by atoms with Crippen LogP contribution in [0, 0.1) is 5.92 Å². The van der Waals surface area contributed by atoms with Crippen molar-refractivity contribution in [3.05, 3.63) is 53.1 Å². The monoisotopic (exact) mass is 456 g/mol. The Kier molecular flexibility index (Phi) is 7.59. The molecule has 1 aliphatic carbocycles. The molecule has 6 heteroatoms. The van der Waals surface area contributed by atoms with E-state index in [1.165, 1.54) is 18.5 Å². The number of anilines is 3. The number of halogens is 1. The van der Waals surface area contributed by atoms with E-state index in [0.717, 1.165) is 61.9 Å². The van der Waals surface area contributed by atoms with Gasteiger partial charge < -0.3 is 20.1 Å². The normalized spacial score (nSPS) is 17.7. The van der Waals surface area contributed by atoms with E-state index in [2.05, 4.69) is 35.3 Å². The Bertz CT molecular complexity index is 908. The fourth-order valence-electron chi connectivity index (χ4n) is 4.58. The summed E-state index contributed by atoms with van der Waals surface area (Å²) in [7, 11) is 0. The Morgan fingerprint density at radius 2 is 1.88 bits per heavy atom. The predicted molar refractivity (Wildman–Crippen MR) is 130 cm³/mol. The lowest BCUT2D eigenvalue weighted by atomic mass is 9.92. The van der Waals surface area contributed by atoms with Gasteiger partial charge in [0.25, 0.3) is 0 Å². The van der Waals surface area contributed by atoms with E-state index < -0.39 is 5.97 Å². The Morgan fingerprint density at radius 3 is 2.50 bits per heavy atom. The van der Waals surface area contributed by atoms with E-state index in [1.54, 1.807) is 0 Å². The first kappa shape index (κ1) is 22.9. The second-order valence-corrected chi connectivity index (χ2v) is 9.49. The second kappa shape index (κ2) is 10.6. The van der Waals surface area contributed by atoms with Gasteiger partial charge in [-0.25, -0.2) is 0 Å². The zero-order valence-electron chi connectivity index (χ0n) is 18.7. The molecule has 2 aliphatic rings. The standard InChI is InChI=1S/C26H33ClN2O3/c1-2-19(16-26(30)31)20-5-10-25(24(15-20)28-22-8-6-21(27)7-9-22)29(17-18-3-4-18)23-11-13-32-14-12-23/h5-10,15,18-19,23,28H,2-4,11-14,16-17H2,1H3,(H,30,31). The third-order valence-corrected chi connectivity index (χ3v) is 6.87. The van der Waals surface area contributed by atoms with Crippen LogP contribution in [0.1, 0.15) is 56.9 Å². The molecule has 0 radical (unpaired) electrons. The fraction of sp³-hybridized carbons (Fsp3) is 0.500. The largest absolute Gasteiger partial charge is 0.481 e. The number of carboxylic acids is 1. The molecule has 1 saturated carbocycles. The molecule has 2 aromatic carbocycles. The highest BCUT2D eigenvalue weighted by Crippen LogP contribution is 2.39. The molecular formula is C26H33ClN2O3. The fourth-order valence-corrected chi connectivity index (χ4v) is 4.70. The zero-order chi connectivity index (χ0) is 22.5. The average Bonchev–Trinajstić information content (AvgIpc) is 3.62. The maximum Gasteiger partial charge on any atom is 0.303 e. The summed E-state index contributed by atoms with van der Waals surface area (Å²) in [6.07, 6.45) is 5.60. The van der Waals surface area contributed by atoms with Crippen LogP contribution in [0.25, 0.3) is 0 Å². The number of ether oxygens (including phenoxy) is 1. The van der Waals surface area contributed by atoms with Crippen LogP contribution in [0.2, 0.25) is 5.02 Å². The van der Waals surface area contributed by atoms with E-state index in [4.69, 9.17) is 16.3 Å². The Morgan fingerprint density at radius 1 is 1.16 bits per heavy atom. The van der Waals surface area contributed by atoms with Crippen molar-refractivity contribution >= 4 is 34.6 Å². The zero-order valence-corrected chi connectivity index (χ0v) is 19.5. The molecule has 1 saturated heterocycles. The van der Waals surface area contributed by atoms with Gasteiger partial charge >= 0.3 is 5.97 Å². The molecule has 172 valence electrons. The number of aliphatic carboxylic acids is 1. The number of benzene rings is 2. The van der Waals surface area contributed by atoms with Crippen molar-refractivity contribution in [2.24, 2.45) is 5.92 Å². The van der Waals surface area contributed by atoms with Crippen LogP contribution in [0.5, 0.6) is 0 Å². The van der Waals surface area contributed by atoms with Gasteiger partial charge in [-0.3, -0.25) is 4.79 Å². The molecule has 0 spiro atoms. The molecule has 1 heterocycles. The number of carboxylic acid groups (broad SMARTS) is 1. The highest BCUT2D eigenvalue weighted by atomic mass is 35.5. The van der Waals surface area contributed by atoms with Gasteiger partial charge in [0.2, 0.25) is 0 Å². The van der Waals surface area contributed by atoms with Crippen LogP contribution < -0.4 is 10.2 Å². The average molecular weight is 457 g/mol. The van der Waals surface area contributed by atoms with E-state index in [-0.39, 0.29) is 12.3 Å². The van der Waals surface area contributed by atoms with Crippen LogP contribution in [-0.2, 0) is 9.53 Å². The van der Waals surface area contributed by atoms with E-state index in [1.807, 2.05) is 24.3 Å². The highest BCUT2D eigenvalue weighted by molar-refractivity contribution is 6.30. The topological polar surface area (TPSA) is 61.8 Å². The Labute approximate surface area is 195 Å². The molecule has 5 nitrogen and oxygen atoms in total. The number of hydrogen-bond donors (Lipinski definition) is 2. The van der Waals surface area contributed by atoms with Crippen molar-refractivity contribution in [1.29, 1.82) is 0 Å². The summed E-state index contributed by atoms with van der Waals surface area (Å²) >= 11 is 6.09. The maximum atomic E-state index is 11.4. The second-order valence-electron chi connectivity index (χ2n) is 9.05.